The van der Waals surface area contributed by atoms with Crippen LogP contribution in [0.3, 0.4) is 0 Å². The lowest BCUT2D eigenvalue weighted by atomic mass is 10.1. The fourth-order valence-electron chi connectivity index (χ4n) is 2.70. The van der Waals surface area contributed by atoms with Gasteiger partial charge >= 0.3 is 5.97 Å². The summed E-state index contributed by atoms with van der Waals surface area (Å²) in [5, 5.41) is 0.405. The summed E-state index contributed by atoms with van der Waals surface area (Å²) in [6.07, 6.45) is 2.46. The monoisotopic (exact) mass is 415 g/mol. The Kier molecular flexibility index (Phi) is 6.77. The van der Waals surface area contributed by atoms with Crippen molar-refractivity contribution in [1.29, 1.82) is 0 Å². The molecule has 0 radical (unpaired) electrons. The van der Waals surface area contributed by atoms with E-state index in [0.29, 0.717) is 46.6 Å². The highest BCUT2D eigenvalue weighted by Gasteiger charge is 2.24. The molecule has 0 spiro atoms. The number of halogens is 1. The Hall–Kier alpha value is -2.99. The van der Waals surface area contributed by atoms with Gasteiger partial charge in [-0.2, -0.15) is 0 Å². The van der Waals surface area contributed by atoms with E-state index < -0.39 is 5.97 Å². The van der Waals surface area contributed by atoms with Crippen LogP contribution in [0, 0.1) is 0 Å². The van der Waals surface area contributed by atoms with Gasteiger partial charge in [-0.05, 0) is 61.4 Å². The molecule has 0 aliphatic carbocycles. The lowest BCUT2D eigenvalue weighted by Crippen LogP contribution is -2.05. The Labute approximate surface area is 174 Å². The van der Waals surface area contributed by atoms with Gasteiger partial charge in [0.2, 0.25) is 5.90 Å². The summed E-state index contributed by atoms with van der Waals surface area (Å²) < 4.78 is 21.8. The number of methoxy groups -OCH3 is 1. The van der Waals surface area contributed by atoms with E-state index in [4.69, 9.17) is 30.5 Å². The third-order valence-corrected chi connectivity index (χ3v) is 4.32. The van der Waals surface area contributed by atoms with Gasteiger partial charge in [0.1, 0.15) is 5.75 Å². The highest BCUT2D eigenvalue weighted by Crippen LogP contribution is 2.37. The van der Waals surface area contributed by atoms with Crippen molar-refractivity contribution in [2.45, 2.75) is 20.3 Å². The summed E-state index contributed by atoms with van der Waals surface area (Å²) in [6, 6.07) is 10.6. The molecule has 0 unspecified atom stereocenters. The topological polar surface area (TPSA) is 66.3 Å². The lowest BCUT2D eigenvalue weighted by molar-refractivity contribution is -0.129. The molecule has 7 heteroatoms. The van der Waals surface area contributed by atoms with Crippen molar-refractivity contribution in [3.63, 3.8) is 0 Å². The molecule has 1 aliphatic rings. The molecule has 6 nitrogen and oxygen atoms in total. The van der Waals surface area contributed by atoms with Crippen molar-refractivity contribution < 1.29 is 23.7 Å². The second-order valence-corrected chi connectivity index (χ2v) is 6.58. The zero-order valence-corrected chi connectivity index (χ0v) is 17.3. The minimum atomic E-state index is -0.531. The minimum Gasteiger partial charge on any atom is -0.497 e. The number of aliphatic imine (C=N–C) groups is 1. The van der Waals surface area contributed by atoms with Crippen molar-refractivity contribution in [2.24, 2.45) is 4.99 Å². The molecule has 2 aromatic rings. The molecule has 3 rings (SSSR count). The third-order valence-electron chi connectivity index (χ3n) is 4.04. The van der Waals surface area contributed by atoms with E-state index in [-0.39, 0.29) is 11.6 Å². The predicted octanol–water partition coefficient (Wildman–Crippen LogP) is 4.88. The Morgan fingerprint density at radius 3 is 2.55 bits per heavy atom. The van der Waals surface area contributed by atoms with Gasteiger partial charge in [0.05, 0.1) is 25.3 Å². The predicted molar refractivity (Wildman–Crippen MR) is 112 cm³/mol. The van der Waals surface area contributed by atoms with Gasteiger partial charge in [0, 0.05) is 5.56 Å². The Morgan fingerprint density at radius 1 is 1.14 bits per heavy atom. The first-order chi connectivity index (χ1) is 14.0. The first-order valence-corrected chi connectivity index (χ1v) is 9.69. The maximum atomic E-state index is 12.3. The Morgan fingerprint density at radius 2 is 1.90 bits per heavy atom. The number of cyclic esters (lactones) is 1. The van der Waals surface area contributed by atoms with Crippen LogP contribution in [0.5, 0.6) is 17.2 Å². The highest BCUT2D eigenvalue weighted by molar-refractivity contribution is 6.32. The van der Waals surface area contributed by atoms with Crippen molar-refractivity contribution in [1.82, 2.24) is 0 Å². The number of esters is 1. The van der Waals surface area contributed by atoms with E-state index in [9.17, 15) is 4.79 Å². The molecule has 0 fully saturated rings. The van der Waals surface area contributed by atoms with Gasteiger partial charge in [0.15, 0.2) is 17.2 Å². The van der Waals surface area contributed by atoms with E-state index >= 15 is 0 Å². The van der Waals surface area contributed by atoms with Crippen LogP contribution in [-0.4, -0.2) is 32.2 Å². The molecular weight excluding hydrogens is 394 g/mol. The number of hydrogen-bond donors (Lipinski definition) is 0. The number of benzene rings is 2. The van der Waals surface area contributed by atoms with Gasteiger partial charge < -0.3 is 18.9 Å². The van der Waals surface area contributed by atoms with Crippen LogP contribution in [-0.2, 0) is 9.53 Å². The van der Waals surface area contributed by atoms with E-state index in [1.54, 1.807) is 49.6 Å². The standard InChI is InChI=1S/C22H22ClNO5/c1-4-10-28-20-17(23)11-14(13-19(20)27-5-2)12-18-22(25)29-21(24-18)15-6-8-16(26-3)9-7-15/h6-9,11-13H,4-5,10H2,1-3H3. The molecule has 29 heavy (non-hydrogen) atoms. The number of carbonyl (C=O) groups is 1. The highest BCUT2D eigenvalue weighted by atomic mass is 35.5. The normalized spacial score (nSPS) is 14.6. The summed E-state index contributed by atoms with van der Waals surface area (Å²) in [4.78, 5) is 16.6. The summed E-state index contributed by atoms with van der Waals surface area (Å²) in [7, 11) is 1.59. The summed E-state index contributed by atoms with van der Waals surface area (Å²) >= 11 is 6.38. The van der Waals surface area contributed by atoms with Crippen molar-refractivity contribution in [3.8, 4) is 17.2 Å². The van der Waals surface area contributed by atoms with Crippen LogP contribution in [0.4, 0.5) is 0 Å². The Balaban J connectivity index is 1.91. The summed E-state index contributed by atoms with van der Waals surface area (Å²) in [5.41, 5.74) is 1.52. The largest absolute Gasteiger partial charge is 0.497 e. The van der Waals surface area contributed by atoms with Crippen molar-refractivity contribution in [2.75, 3.05) is 20.3 Å². The third kappa shape index (κ3) is 4.90. The zero-order valence-electron chi connectivity index (χ0n) is 16.5. The molecule has 2 aromatic carbocycles. The second kappa shape index (κ2) is 9.47. The second-order valence-electron chi connectivity index (χ2n) is 6.18. The smallest absolute Gasteiger partial charge is 0.363 e. The average Bonchev–Trinajstić information content (AvgIpc) is 3.08. The Bertz CT molecular complexity index is 950. The van der Waals surface area contributed by atoms with E-state index in [1.807, 2.05) is 13.8 Å². The van der Waals surface area contributed by atoms with Crippen LogP contribution in [0.15, 0.2) is 47.1 Å². The number of carbonyl (C=O) groups excluding carboxylic acids is 1. The van der Waals surface area contributed by atoms with Crippen LogP contribution in [0.1, 0.15) is 31.4 Å². The van der Waals surface area contributed by atoms with E-state index in [0.717, 1.165) is 6.42 Å². The quantitative estimate of drug-likeness (QED) is 0.454. The van der Waals surface area contributed by atoms with Crippen molar-refractivity contribution >= 4 is 29.5 Å². The van der Waals surface area contributed by atoms with Gasteiger partial charge in [0.25, 0.3) is 0 Å². The molecule has 0 aromatic heterocycles. The van der Waals surface area contributed by atoms with Gasteiger partial charge in [-0.15, -0.1) is 0 Å². The van der Waals surface area contributed by atoms with Crippen LogP contribution in [0.2, 0.25) is 5.02 Å². The first-order valence-electron chi connectivity index (χ1n) is 9.31. The molecule has 1 aliphatic heterocycles. The summed E-state index contributed by atoms with van der Waals surface area (Å²) in [5.74, 6) is 1.43. The van der Waals surface area contributed by atoms with E-state index in [2.05, 4.69) is 4.99 Å². The molecule has 152 valence electrons. The van der Waals surface area contributed by atoms with Crippen molar-refractivity contribution in [3.05, 3.63) is 58.2 Å². The molecule has 0 saturated carbocycles. The number of nitrogens with zero attached hydrogens (tertiary/aromatic N) is 1. The summed E-state index contributed by atoms with van der Waals surface area (Å²) in [6.45, 7) is 4.88. The van der Waals surface area contributed by atoms with Gasteiger partial charge in [-0.3, -0.25) is 0 Å². The number of rotatable bonds is 8. The van der Waals surface area contributed by atoms with Crippen LogP contribution in [0.25, 0.3) is 6.08 Å². The average molecular weight is 416 g/mol. The molecule has 0 saturated heterocycles. The molecular formula is C22H22ClNO5. The minimum absolute atomic E-state index is 0.177. The van der Waals surface area contributed by atoms with Gasteiger partial charge in [-0.25, -0.2) is 9.79 Å². The fourth-order valence-corrected chi connectivity index (χ4v) is 2.98. The van der Waals surface area contributed by atoms with Gasteiger partial charge in [-0.1, -0.05) is 18.5 Å². The molecule has 0 atom stereocenters. The maximum absolute atomic E-state index is 12.3. The molecule has 0 N–H and O–H groups in total. The number of ether oxygens (including phenoxy) is 4. The van der Waals surface area contributed by atoms with E-state index in [1.165, 1.54) is 0 Å². The molecule has 0 bridgehead atoms. The number of hydrogen-bond acceptors (Lipinski definition) is 6. The zero-order chi connectivity index (χ0) is 20.8. The SMILES string of the molecule is CCCOc1c(Cl)cc(C=C2N=C(c3ccc(OC)cc3)OC2=O)cc1OCC. The maximum Gasteiger partial charge on any atom is 0.363 e. The fraction of sp³-hybridized carbons (Fsp3) is 0.273. The van der Waals surface area contributed by atoms with Crippen LogP contribution < -0.4 is 14.2 Å². The molecule has 1 heterocycles. The first kappa shape index (κ1) is 20.7. The lowest BCUT2D eigenvalue weighted by Gasteiger charge is -2.14. The van der Waals surface area contributed by atoms with Crippen LogP contribution >= 0.6 is 11.6 Å². The molecule has 0 amide bonds.